The van der Waals surface area contributed by atoms with Crippen LogP contribution in [0.25, 0.3) is 0 Å². The van der Waals surface area contributed by atoms with E-state index in [0.29, 0.717) is 11.7 Å². The molecule has 0 spiro atoms. The van der Waals surface area contributed by atoms with Gasteiger partial charge in [-0.1, -0.05) is 19.3 Å². The number of nitrogens with one attached hydrogen (secondary N) is 1. The number of hydrogen-bond acceptors (Lipinski definition) is 3. The molecule has 3 unspecified atom stereocenters. The predicted molar refractivity (Wildman–Crippen MR) is 78.1 cm³/mol. The predicted octanol–water partition coefficient (Wildman–Crippen LogP) is 1.46. The third-order valence-electron chi connectivity index (χ3n) is 4.46. The number of nitrogens with zero attached hydrogens (tertiary/aromatic N) is 1. The largest absolute Gasteiger partial charge is 0.344 e. The van der Waals surface area contributed by atoms with E-state index in [9.17, 15) is 9.59 Å². The van der Waals surface area contributed by atoms with Crippen LogP contribution in [0.1, 0.15) is 39.0 Å². The van der Waals surface area contributed by atoms with Gasteiger partial charge in [-0.2, -0.15) is 12.6 Å². The number of fused-ring (bicyclic) bond motifs is 1. The van der Waals surface area contributed by atoms with Gasteiger partial charge in [-0.25, -0.2) is 0 Å². The summed E-state index contributed by atoms with van der Waals surface area (Å²) in [5.41, 5.74) is 0. The van der Waals surface area contributed by atoms with Crippen molar-refractivity contribution in [3.05, 3.63) is 0 Å². The normalized spacial score (nSPS) is 28.4. The summed E-state index contributed by atoms with van der Waals surface area (Å²) < 4.78 is 0. The van der Waals surface area contributed by atoms with Crippen LogP contribution in [0.15, 0.2) is 0 Å². The Morgan fingerprint density at radius 2 is 1.95 bits per heavy atom. The first-order valence-electron chi connectivity index (χ1n) is 7.28. The van der Waals surface area contributed by atoms with E-state index in [2.05, 4.69) is 17.9 Å². The molecule has 3 atom stereocenters. The van der Waals surface area contributed by atoms with Crippen molar-refractivity contribution >= 4 is 24.4 Å². The van der Waals surface area contributed by atoms with Gasteiger partial charge in [-0.05, 0) is 24.7 Å². The summed E-state index contributed by atoms with van der Waals surface area (Å²) in [6.07, 6.45) is 6.34. The van der Waals surface area contributed by atoms with Crippen LogP contribution in [0.3, 0.4) is 0 Å². The van der Waals surface area contributed by atoms with Gasteiger partial charge in [0.2, 0.25) is 11.8 Å². The fourth-order valence-electron chi connectivity index (χ4n) is 3.45. The number of carbonyl (C=O) groups is 2. The van der Waals surface area contributed by atoms with Gasteiger partial charge in [0.25, 0.3) is 0 Å². The zero-order chi connectivity index (χ0) is 13.8. The van der Waals surface area contributed by atoms with E-state index in [1.54, 1.807) is 0 Å². The van der Waals surface area contributed by atoms with Gasteiger partial charge in [0, 0.05) is 25.8 Å². The number of amides is 2. The maximum atomic E-state index is 12.4. The highest BCUT2D eigenvalue weighted by Gasteiger charge is 2.34. The second-order valence-corrected chi connectivity index (χ2v) is 6.18. The van der Waals surface area contributed by atoms with E-state index in [1.807, 2.05) is 4.90 Å². The summed E-state index contributed by atoms with van der Waals surface area (Å²) in [6.45, 7) is 3.15. The standard InChI is InChI=1S/C14H24N2O2S/c1-10(17)15-13(9-19)14(18)16-7-6-11-4-2-3-5-12(11)8-16/h11-13,19H,2-9H2,1H3,(H,15,17). The Balaban J connectivity index is 1.93. The van der Waals surface area contributed by atoms with E-state index in [4.69, 9.17) is 0 Å². The minimum Gasteiger partial charge on any atom is -0.344 e. The molecule has 1 saturated carbocycles. The molecule has 1 N–H and O–H groups in total. The molecular weight excluding hydrogens is 260 g/mol. The second kappa shape index (κ2) is 6.64. The molecule has 0 aromatic carbocycles. The Hall–Kier alpha value is -0.710. The fraction of sp³-hybridized carbons (Fsp3) is 0.857. The molecule has 108 valence electrons. The van der Waals surface area contributed by atoms with Crippen molar-refractivity contribution in [1.29, 1.82) is 0 Å². The van der Waals surface area contributed by atoms with Gasteiger partial charge < -0.3 is 10.2 Å². The Morgan fingerprint density at radius 1 is 1.26 bits per heavy atom. The third kappa shape index (κ3) is 3.65. The topological polar surface area (TPSA) is 49.4 Å². The number of carbonyl (C=O) groups excluding carboxylic acids is 2. The average Bonchev–Trinajstić information content (AvgIpc) is 2.43. The molecule has 0 radical (unpaired) electrons. The summed E-state index contributed by atoms with van der Waals surface area (Å²) >= 11 is 4.18. The SMILES string of the molecule is CC(=O)NC(CS)C(=O)N1CCC2CCCCC2C1. The van der Waals surface area contributed by atoms with Crippen molar-refractivity contribution in [2.24, 2.45) is 11.8 Å². The van der Waals surface area contributed by atoms with Crippen LogP contribution in [0.2, 0.25) is 0 Å². The summed E-state index contributed by atoms with van der Waals surface area (Å²) in [6, 6.07) is -0.471. The molecular formula is C14H24N2O2S. The number of rotatable bonds is 3. The lowest BCUT2D eigenvalue weighted by molar-refractivity contribution is -0.138. The molecule has 0 aromatic rings. The molecule has 2 aliphatic rings. The summed E-state index contributed by atoms with van der Waals surface area (Å²) in [7, 11) is 0. The van der Waals surface area contributed by atoms with Crippen molar-refractivity contribution in [2.75, 3.05) is 18.8 Å². The first-order chi connectivity index (χ1) is 9.11. The van der Waals surface area contributed by atoms with Gasteiger partial charge in [0.05, 0.1) is 0 Å². The van der Waals surface area contributed by atoms with Gasteiger partial charge in [-0.15, -0.1) is 0 Å². The zero-order valence-electron chi connectivity index (χ0n) is 11.6. The summed E-state index contributed by atoms with van der Waals surface area (Å²) in [5, 5.41) is 2.69. The van der Waals surface area contributed by atoms with Crippen molar-refractivity contribution in [3.8, 4) is 0 Å². The van der Waals surface area contributed by atoms with Crippen LogP contribution in [-0.4, -0.2) is 41.6 Å². The highest BCUT2D eigenvalue weighted by Crippen LogP contribution is 2.36. The van der Waals surface area contributed by atoms with Gasteiger partial charge in [0.1, 0.15) is 6.04 Å². The van der Waals surface area contributed by atoms with Gasteiger partial charge in [0.15, 0.2) is 0 Å². The quantitative estimate of drug-likeness (QED) is 0.771. The van der Waals surface area contributed by atoms with Crippen molar-refractivity contribution in [2.45, 2.75) is 45.1 Å². The smallest absolute Gasteiger partial charge is 0.246 e. The number of hydrogen-bond donors (Lipinski definition) is 2. The molecule has 1 saturated heterocycles. The second-order valence-electron chi connectivity index (χ2n) is 5.81. The first kappa shape index (κ1) is 14.7. The van der Waals surface area contributed by atoms with Crippen molar-refractivity contribution in [3.63, 3.8) is 0 Å². The molecule has 5 heteroatoms. The summed E-state index contributed by atoms with van der Waals surface area (Å²) in [5.74, 6) is 1.72. The molecule has 19 heavy (non-hydrogen) atoms. The van der Waals surface area contributed by atoms with E-state index >= 15 is 0 Å². The van der Waals surface area contributed by atoms with Crippen molar-refractivity contribution in [1.82, 2.24) is 10.2 Å². The molecule has 1 heterocycles. The number of likely N-dealkylation sites (tertiary alicyclic amines) is 1. The molecule has 1 aliphatic carbocycles. The lowest BCUT2D eigenvalue weighted by atomic mass is 9.75. The molecule has 0 aromatic heterocycles. The Labute approximate surface area is 120 Å². The fourth-order valence-corrected chi connectivity index (χ4v) is 3.70. The Morgan fingerprint density at radius 3 is 2.58 bits per heavy atom. The number of thiol groups is 1. The molecule has 0 bridgehead atoms. The minimum absolute atomic E-state index is 0.0363. The van der Waals surface area contributed by atoms with Crippen molar-refractivity contribution < 1.29 is 9.59 Å². The monoisotopic (exact) mass is 284 g/mol. The van der Waals surface area contributed by atoms with Gasteiger partial charge >= 0.3 is 0 Å². The van der Waals surface area contributed by atoms with Crippen LogP contribution in [0, 0.1) is 11.8 Å². The number of piperidine rings is 1. The highest BCUT2D eigenvalue weighted by molar-refractivity contribution is 7.80. The Kier molecular flexibility index (Phi) is 5.13. The van der Waals surface area contributed by atoms with Crippen LogP contribution in [0.5, 0.6) is 0 Å². The van der Waals surface area contributed by atoms with E-state index in [1.165, 1.54) is 32.6 Å². The molecule has 1 aliphatic heterocycles. The van der Waals surface area contributed by atoms with E-state index in [0.717, 1.165) is 25.4 Å². The lowest BCUT2D eigenvalue weighted by Gasteiger charge is -2.42. The minimum atomic E-state index is -0.471. The van der Waals surface area contributed by atoms with Crippen LogP contribution in [-0.2, 0) is 9.59 Å². The van der Waals surface area contributed by atoms with E-state index < -0.39 is 6.04 Å². The maximum absolute atomic E-state index is 12.4. The zero-order valence-corrected chi connectivity index (χ0v) is 12.5. The average molecular weight is 284 g/mol. The van der Waals surface area contributed by atoms with Crippen LogP contribution >= 0.6 is 12.6 Å². The van der Waals surface area contributed by atoms with Crippen LogP contribution in [0.4, 0.5) is 0 Å². The molecule has 2 rings (SSSR count). The molecule has 4 nitrogen and oxygen atoms in total. The lowest BCUT2D eigenvalue weighted by Crippen LogP contribution is -2.53. The maximum Gasteiger partial charge on any atom is 0.246 e. The highest BCUT2D eigenvalue weighted by atomic mass is 32.1. The summed E-state index contributed by atoms with van der Waals surface area (Å²) in [4.78, 5) is 25.4. The Bertz CT molecular complexity index is 348. The molecule has 2 fully saturated rings. The molecule has 2 amide bonds. The first-order valence-corrected chi connectivity index (χ1v) is 7.91. The van der Waals surface area contributed by atoms with E-state index in [-0.39, 0.29) is 11.8 Å². The van der Waals surface area contributed by atoms with Crippen LogP contribution < -0.4 is 5.32 Å². The third-order valence-corrected chi connectivity index (χ3v) is 4.83. The van der Waals surface area contributed by atoms with Gasteiger partial charge in [-0.3, -0.25) is 9.59 Å².